The summed E-state index contributed by atoms with van der Waals surface area (Å²) in [4.78, 5) is 4.66. The molecule has 1 heterocycles. The van der Waals surface area contributed by atoms with Crippen molar-refractivity contribution in [3.8, 4) is 5.75 Å². The largest absolute Gasteiger partial charge is 0.493 e. The number of hydrogen-bond acceptors (Lipinski definition) is 5. The van der Waals surface area contributed by atoms with Crippen molar-refractivity contribution in [2.75, 3.05) is 19.8 Å². The van der Waals surface area contributed by atoms with Crippen LogP contribution in [0.1, 0.15) is 78.0 Å². The van der Waals surface area contributed by atoms with Gasteiger partial charge in [0, 0.05) is 17.2 Å². The summed E-state index contributed by atoms with van der Waals surface area (Å²) in [5, 5.41) is -0.337. The summed E-state index contributed by atoms with van der Waals surface area (Å²) in [5.74, 6) is 0.258. The highest BCUT2D eigenvalue weighted by Crippen LogP contribution is 2.67. The lowest BCUT2D eigenvalue weighted by molar-refractivity contribution is -0.139. The topological polar surface area (TPSA) is 57.1 Å². The van der Waals surface area contributed by atoms with Gasteiger partial charge in [-0.25, -0.2) is 4.99 Å². The lowest BCUT2D eigenvalue weighted by Crippen LogP contribution is -2.38. The van der Waals surface area contributed by atoms with Crippen LogP contribution < -0.4 is 4.74 Å². The predicted octanol–water partition coefficient (Wildman–Crippen LogP) is 10.0. The van der Waals surface area contributed by atoms with E-state index in [0.29, 0.717) is 47.2 Å². The lowest BCUT2D eigenvalue weighted by atomic mass is 9.93. The highest BCUT2D eigenvalue weighted by Gasteiger charge is 2.50. The zero-order chi connectivity index (χ0) is 31.6. The second kappa shape index (κ2) is 13.1. The first-order valence-corrected chi connectivity index (χ1v) is 16.4. The maximum atomic E-state index is 14.1. The third-order valence-corrected chi connectivity index (χ3v) is 12.1. The Bertz CT molecular complexity index is 1320. The Morgan fingerprint density at radius 1 is 0.952 bits per heavy atom. The molecule has 11 heteroatoms. The average Bonchev–Trinajstić information content (AvgIpc) is 3.25. The van der Waals surface area contributed by atoms with E-state index in [9.17, 15) is 17.7 Å². The Morgan fingerprint density at radius 3 is 2.12 bits per heavy atom. The van der Waals surface area contributed by atoms with Crippen molar-refractivity contribution in [3.05, 3.63) is 63.1 Å². The zero-order valence-electron chi connectivity index (χ0n) is 25.3. The molecule has 0 aromatic heterocycles. The molecule has 0 radical (unpaired) electrons. The summed E-state index contributed by atoms with van der Waals surface area (Å²) in [5.41, 5.74) is -0.270. The molecular formula is C31H41Cl2F3NO4P. The van der Waals surface area contributed by atoms with Crippen LogP contribution in [0.4, 0.5) is 13.2 Å². The van der Waals surface area contributed by atoms with E-state index >= 15 is 0 Å². The number of alkyl halides is 3. The van der Waals surface area contributed by atoms with Gasteiger partial charge in [-0.15, -0.1) is 0 Å². The van der Waals surface area contributed by atoms with E-state index in [1.807, 2.05) is 47.6 Å². The van der Waals surface area contributed by atoms with Gasteiger partial charge in [-0.1, -0.05) is 76.9 Å². The van der Waals surface area contributed by atoms with Crippen LogP contribution in [0.5, 0.6) is 5.75 Å². The Hall–Kier alpha value is -1.73. The first kappa shape index (κ1) is 34.8. The second-order valence-electron chi connectivity index (χ2n) is 12.8. The fourth-order valence-electron chi connectivity index (χ4n) is 5.13. The van der Waals surface area contributed by atoms with Crippen molar-refractivity contribution >= 4 is 36.5 Å². The molecule has 0 bridgehead atoms. The van der Waals surface area contributed by atoms with E-state index in [4.69, 9.17) is 37.2 Å². The van der Waals surface area contributed by atoms with Gasteiger partial charge in [-0.05, 0) is 61.1 Å². The molecular weight excluding hydrogens is 609 g/mol. The molecule has 0 saturated carbocycles. The summed E-state index contributed by atoms with van der Waals surface area (Å²) in [7, 11) is -3.17. The maximum Gasteiger partial charge on any atom is 0.419 e. The minimum atomic E-state index is -4.59. The van der Waals surface area contributed by atoms with Gasteiger partial charge in [-0.2, -0.15) is 13.2 Å². The van der Waals surface area contributed by atoms with Crippen LogP contribution in [0.15, 0.2) is 41.4 Å². The number of benzene rings is 2. The SMILES string of the molecule is CC1=NC(CCc2ccc(OCCCc3ccc(Cl)c(Cl)c3)c(C(F)(F)F)c2)(COP(=O)(C(C)(C)C)C(C)(C)C)CO1. The van der Waals surface area contributed by atoms with Crippen molar-refractivity contribution in [3.63, 3.8) is 0 Å². The van der Waals surface area contributed by atoms with Gasteiger partial charge >= 0.3 is 6.18 Å². The molecule has 0 aliphatic carbocycles. The minimum Gasteiger partial charge on any atom is -0.493 e. The Morgan fingerprint density at radius 2 is 1.57 bits per heavy atom. The van der Waals surface area contributed by atoms with Gasteiger partial charge in [0.1, 0.15) is 17.9 Å². The quantitative estimate of drug-likeness (QED) is 0.179. The average molecular weight is 651 g/mol. The number of rotatable bonds is 11. The van der Waals surface area contributed by atoms with Gasteiger partial charge in [-0.3, -0.25) is 4.57 Å². The first-order valence-electron chi connectivity index (χ1n) is 14.0. The second-order valence-corrected chi connectivity index (χ2v) is 17.7. The summed E-state index contributed by atoms with van der Waals surface area (Å²) in [6.45, 7) is 13.4. The summed E-state index contributed by atoms with van der Waals surface area (Å²) in [6.07, 6.45) is -2.85. The molecule has 0 saturated heterocycles. The third-order valence-electron chi connectivity index (χ3n) is 7.31. The standard InChI is InChI=1S/C31H41Cl2F3NO4P/c1-21-37-30(19-40-21,20-41-42(38,28(2,3)4)29(5,6)7)15-14-23-11-13-27(24(17-23)31(34,35)36)39-16-8-9-22-10-12-25(32)26(33)18-22/h10-13,17-18H,8-9,14-16,19-20H2,1-7H3. The number of halogens is 5. The fraction of sp³-hybridized carbons (Fsp3) is 0.581. The van der Waals surface area contributed by atoms with Crippen LogP contribution >= 0.6 is 30.6 Å². The molecule has 3 rings (SSSR count). The predicted molar refractivity (Wildman–Crippen MR) is 165 cm³/mol. The smallest absolute Gasteiger partial charge is 0.419 e. The zero-order valence-corrected chi connectivity index (χ0v) is 27.7. The highest BCUT2D eigenvalue weighted by atomic mass is 35.5. The van der Waals surface area contributed by atoms with Crippen molar-refractivity contribution in [1.82, 2.24) is 0 Å². The molecule has 1 unspecified atom stereocenters. The maximum absolute atomic E-state index is 14.1. The van der Waals surface area contributed by atoms with Crippen LogP contribution in [0.3, 0.4) is 0 Å². The number of aryl methyl sites for hydroxylation is 2. The van der Waals surface area contributed by atoms with Crippen LogP contribution in [0.2, 0.25) is 10.0 Å². The summed E-state index contributed by atoms with van der Waals surface area (Å²) >= 11 is 12.0. The lowest BCUT2D eigenvalue weighted by Gasteiger charge is -2.41. The van der Waals surface area contributed by atoms with Gasteiger partial charge in [0.05, 0.1) is 28.8 Å². The number of nitrogens with zero attached hydrogens (tertiary/aromatic N) is 1. The number of hydrogen-bond donors (Lipinski definition) is 0. The van der Waals surface area contributed by atoms with Crippen molar-refractivity contribution < 1.29 is 31.7 Å². The van der Waals surface area contributed by atoms with E-state index in [1.165, 1.54) is 6.07 Å². The van der Waals surface area contributed by atoms with Gasteiger partial charge in [0.15, 0.2) is 5.90 Å². The van der Waals surface area contributed by atoms with Crippen LogP contribution in [-0.2, 0) is 32.8 Å². The van der Waals surface area contributed by atoms with E-state index in [1.54, 1.807) is 25.1 Å². The highest BCUT2D eigenvalue weighted by molar-refractivity contribution is 7.62. The number of ether oxygens (including phenoxy) is 2. The molecule has 42 heavy (non-hydrogen) atoms. The molecule has 0 amide bonds. The molecule has 234 valence electrons. The van der Waals surface area contributed by atoms with E-state index in [0.717, 1.165) is 11.6 Å². The minimum absolute atomic E-state index is 0.0440. The van der Waals surface area contributed by atoms with Crippen molar-refractivity contribution in [2.45, 2.75) is 96.2 Å². The van der Waals surface area contributed by atoms with Gasteiger partial charge < -0.3 is 14.0 Å². The van der Waals surface area contributed by atoms with Crippen LogP contribution in [-0.4, -0.2) is 41.6 Å². The first-order chi connectivity index (χ1) is 19.3. The Balaban J connectivity index is 1.72. The van der Waals surface area contributed by atoms with Crippen LogP contribution in [0.25, 0.3) is 0 Å². The number of aliphatic imine (C=N–C) groups is 1. The molecule has 0 N–H and O–H groups in total. The molecule has 1 atom stereocenters. The Kier molecular flexibility index (Phi) is 10.8. The van der Waals surface area contributed by atoms with Gasteiger partial charge in [0.25, 0.3) is 0 Å². The van der Waals surface area contributed by atoms with E-state index < -0.39 is 35.0 Å². The molecule has 1 aliphatic rings. The molecule has 2 aromatic rings. The van der Waals surface area contributed by atoms with E-state index in [2.05, 4.69) is 4.99 Å². The van der Waals surface area contributed by atoms with E-state index in [-0.39, 0.29) is 25.6 Å². The van der Waals surface area contributed by atoms with Crippen LogP contribution in [0, 0.1) is 0 Å². The third kappa shape index (κ3) is 8.46. The molecule has 1 aliphatic heterocycles. The summed E-state index contributed by atoms with van der Waals surface area (Å²) in [6, 6.07) is 9.39. The molecule has 5 nitrogen and oxygen atoms in total. The van der Waals surface area contributed by atoms with Crippen molar-refractivity contribution in [2.24, 2.45) is 4.99 Å². The summed E-state index contributed by atoms with van der Waals surface area (Å²) < 4.78 is 73.6. The molecule has 0 fully saturated rings. The van der Waals surface area contributed by atoms with Gasteiger partial charge in [0.2, 0.25) is 7.37 Å². The van der Waals surface area contributed by atoms with Crippen molar-refractivity contribution in [1.29, 1.82) is 0 Å². The molecule has 2 aromatic carbocycles. The monoisotopic (exact) mass is 649 g/mol. The normalized spacial score (nSPS) is 18.1. The Labute approximate surface area is 257 Å². The molecule has 0 spiro atoms. The fourth-order valence-corrected chi connectivity index (χ4v) is 8.66.